The van der Waals surface area contributed by atoms with Crippen molar-refractivity contribution in [3.05, 3.63) is 29.8 Å². The van der Waals surface area contributed by atoms with Crippen molar-refractivity contribution in [2.75, 3.05) is 13.1 Å². The maximum Gasteiger partial charge on any atom is 0.125 e. The second kappa shape index (κ2) is 3.79. The monoisotopic (exact) mass is 245 g/mol. The highest BCUT2D eigenvalue weighted by molar-refractivity contribution is 5.76. The van der Waals surface area contributed by atoms with Crippen molar-refractivity contribution in [1.82, 2.24) is 14.9 Å². The van der Waals surface area contributed by atoms with Gasteiger partial charge in [-0.2, -0.15) is 0 Å². The molecule has 0 radical (unpaired) electrons. The first-order valence-corrected chi connectivity index (χ1v) is 6.71. The molecule has 1 aliphatic heterocycles. The van der Waals surface area contributed by atoms with Crippen LogP contribution in [-0.4, -0.2) is 22.6 Å². The number of hydrogen-bond donors (Lipinski definition) is 1. The van der Waals surface area contributed by atoms with Crippen molar-refractivity contribution >= 4 is 11.0 Å². The number of benzene rings is 1. The zero-order valence-electron chi connectivity index (χ0n) is 10.2. The van der Waals surface area contributed by atoms with Crippen LogP contribution in [0.4, 0.5) is 4.39 Å². The minimum absolute atomic E-state index is 0.195. The highest BCUT2D eigenvalue weighted by Gasteiger charge is 2.32. The van der Waals surface area contributed by atoms with Gasteiger partial charge in [0.1, 0.15) is 11.6 Å². The fourth-order valence-electron chi connectivity index (χ4n) is 2.97. The van der Waals surface area contributed by atoms with E-state index in [9.17, 15) is 4.39 Å². The van der Waals surface area contributed by atoms with E-state index in [0.29, 0.717) is 12.0 Å². The van der Waals surface area contributed by atoms with Gasteiger partial charge in [0.25, 0.3) is 0 Å². The second-order valence-electron chi connectivity index (χ2n) is 5.39. The molecule has 94 valence electrons. The Morgan fingerprint density at radius 1 is 1.28 bits per heavy atom. The van der Waals surface area contributed by atoms with Gasteiger partial charge < -0.3 is 9.88 Å². The van der Waals surface area contributed by atoms with Crippen LogP contribution >= 0.6 is 0 Å². The molecule has 1 aromatic carbocycles. The summed E-state index contributed by atoms with van der Waals surface area (Å²) in [6, 6.07) is 5.57. The number of imidazole rings is 1. The predicted molar refractivity (Wildman–Crippen MR) is 68.2 cm³/mol. The summed E-state index contributed by atoms with van der Waals surface area (Å²) in [5.74, 6) is 1.45. The van der Waals surface area contributed by atoms with Gasteiger partial charge in [0, 0.05) is 24.6 Å². The van der Waals surface area contributed by atoms with Crippen molar-refractivity contribution in [2.24, 2.45) is 0 Å². The van der Waals surface area contributed by atoms with E-state index in [2.05, 4.69) is 9.88 Å². The molecule has 0 spiro atoms. The Morgan fingerprint density at radius 3 is 2.89 bits per heavy atom. The van der Waals surface area contributed by atoms with Crippen molar-refractivity contribution in [2.45, 2.75) is 31.2 Å². The minimum atomic E-state index is -0.195. The van der Waals surface area contributed by atoms with Crippen molar-refractivity contribution in [3.8, 4) is 0 Å². The van der Waals surface area contributed by atoms with E-state index in [1.54, 1.807) is 12.1 Å². The van der Waals surface area contributed by atoms with E-state index in [0.717, 1.165) is 36.4 Å². The SMILES string of the molecule is Fc1ccc2c(c1)nc(C1CCNC1)n2C1CC1. The van der Waals surface area contributed by atoms with Gasteiger partial charge in [-0.15, -0.1) is 0 Å². The number of halogens is 1. The number of aromatic nitrogens is 2. The average Bonchev–Trinajstić information content (AvgIpc) is 2.92. The highest BCUT2D eigenvalue weighted by Crippen LogP contribution is 2.41. The van der Waals surface area contributed by atoms with E-state index < -0.39 is 0 Å². The number of hydrogen-bond acceptors (Lipinski definition) is 2. The van der Waals surface area contributed by atoms with Gasteiger partial charge in [0.15, 0.2) is 0 Å². The fourth-order valence-corrected chi connectivity index (χ4v) is 2.97. The van der Waals surface area contributed by atoms with Gasteiger partial charge in [-0.1, -0.05) is 0 Å². The topological polar surface area (TPSA) is 29.9 Å². The van der Waals surface area contributed by atoms with Crippen LogP contribution in [0.25, 0.3) is 11.0 Å². The Bertz CT molecular complexity index is 594. The smallest absolute Gasteiger partial charge is 0.125 e. The summed E-state index contributed by atoms with van der Waals surface area (Å²) >= 11 is 0. The van der Waals surface area contributed by atoms with Crippen LogP contribution in [0, 0.1) is 5.82 Å². The molecule has 1 unspecified atom stereocenters. The van der Waals surface area contributed by atoms with E-state index in [-0.39, 0.29) is 5.82 Å². The third-order valence-corrected chi connectivity index (χ3v) is 4.02. The first kappa shape index (κ1) is 10.5. The lowest BCUT2D eigenvalue weighted by Gasteiger charge is -2.12. The molecule has 2 aromatic rings. The maximum absolute atomic E-state index is 13.3. The Hall–Kier alpha value is -1.42. The fraction of sp³-hybridized carbons (Fsp3) is 0.500. The van der Waals surface area contributed by atoms with Crippen LogP contribution in [0.1, 0.15) is 37.0 Å². The standard InChI is InChI=1S/C14H16FN3/c15-10-1-4-13-12(7-10)17-14(9-5-6-16-8-9)18(13)11-2-3-11/h1,4,7,9,11,16H,2-3,5-6,8H2. The first-order valence-electron chi connectivity index (χ1n) is 6.71. The lowest BCUT2D eigenvalue weighted by molar-refractivity contribution is 0.622. The van der Waals surface area contributed by atoms with Crippen LogP contribution in [0.15, 0.2) is 18.2 Å². The van der Waals surface area contributed by atoms with E-state index in [1.807, 2.05) is 6.07 Å². The molecule has 18 heavy (non-hydrogen) atoms. The molecule has 2 heterocycles. The lowest BCUT2D eigenvalue weighted by atomic mass is 10.1. The summed E-state index contributed by atoms with van der Waals surface area (Å²) in [4.78, 5) is 4.70. The molecule has 3 nitrogen and oxygen atoms in total. The first-order chi connectivity index (χ1) is 8.83. The third-order valence-electron chi connectivity index (χ3n) is 4.02. The maximum atomic E-state index is 13.3. The second-order valence-corrected chi connectivity index (χ2v) is 5.39. The van der Waals surface area contributed by atoms with Crippen molar-refractivity contribution in [3.63, 3.8) is 0 Å². The quantitative estimate of drug-likeness (QED) is 0.881. The molecule has 1 saturated heterocycles. The summed E-state index contributed by atoms with van der Waals surface area (Å²) in [5, 5.41) is 3.39. The molecular weight excluding hydrogens is 229 g/mol. The van der Waals surface area contributed by atoms with Crippen LogP contribution in [0.2, 0.25) is 0 Å². The zero-order chi connectivity index (χ0) is 12.1. The molecule has 4 heteroatoms. The van der Waals surface area contributed by atoms with Gasteiger partial charge in [-0.3, -0.25) is 0 Å². The number of nitrogens with one attached hydrogen (secondary N) is 1. The summed E-state index contributed by atoms with van der Waals surface area (Å²) in [6.45, 7) is 2.06. The zero-order valence-corrected chi connectivity index (χ0v) is 10.2. The van der Waals surface area contributed by atoms with Gasteiger partial charge >= 0.3 is 0 Å². The molecule has 0 amide bonds. The largest absolute Gasteiger partial charge is 0.325 e. The highest BCUT2D eigenvalue weighted by atomic mass is 19.1. The Morgan fingerprint density at radius 2 is 2.17 bits per heavy atom. The summed E-state index contributed by atoms with van der Waals surface area (Å²) in [7, 11) is 0. The number of rotatable bonds is 2. The molecule has 0 bridgehead atoms. The summed E-state index contributed by atoms with van der Waals surface area (Å²) < 4.78 is 15.7. The van der Waals surface area contributed by atoms with E-state index in [1.165, 1.54) is 12.8 Å². The van der Waals surface area contributed by atoms with Crippen molar-refractivity contribution in [1.29, 1.82) is 0 Å². The third kappa shape index (κ3) is 1.56. The molecule has 1 aromatic heterocycles. The van der Waals surface area contributed by atoms with Gasteiger partial charge in [0.2, 0.25) is 0 Å². The molecule has 2 fully saturated rings. The van der Waals surface area contributed by atoms with Gasteiger partial charge in [-0.05, 0) is 37.9 Å². The molecular formula is C14H16FN3. The minimum Gasteiger partial charge on any atom is -0.325 e. The van der Waals surface area contributed by atoms with Crippen LogP contribution in [0.5, 0.6) is 0 Å². The molecule has 1 N–H and O–H groups in total. The normalized spacial score (nSPS) is 23.9. The molecule has 1 aliphatic carbocycles. The Labute approximate surface area is 105 Å². The lowest BCUT2D eigenvalue weighted by Crippen LogP contribution is -2.12. The summed E-state index contributed by atoms with van der Waals surface area (Å²) in [5.41, 5.74) is 1.91. The summed E-state index contributed by atoms with van der Waals surface area (Å²) in [6.07, 6.45) is 3.60. The molecule has 4 rings (SSSR count). The number of nitrogens with zero attached hydrogens (tertiary/aromatic N) is 2. The number of fused-ring (bicyclic) bond motifs is 1. The predicted octanol–water partition coefficient (Wildman–Crippen LogP) is 2.59. The van der Waals surface area contributed by atoms with Crippen LogP contribution in [-0.2, 0) is 0 Å². The van der Waals surface area contributed by atoms with E-state index >= 15 is 0 Å². The van der Waals surface area contributed by atoms with Crippen molar-refractivity contribution < 1.29 is 4.39 Å². The Balaban J connectivity index is 1.91. The average molecular weight is 245 g/mol. The molecule has 1 atom stereocenters. The van der Waals surface area contributed by atoms with Gasteiger partial charge in [0.05, 0.1) is 11.0 Å². The van der Waals surface area contributed by atoms with Crippen LogP contribution in [0.3, 0.4) is 0 Å². The van der Waals surface area contributed by atoms with E-state index in [4.69, 9.17) is 4.98 Å². The molecule has 1 saturated carbocycles. The Kier molecular flexibility index (Phi) is 2.21. The van der Waals surface area contributed by atoms with Crippen LogP contribution < -0.4 is 5.32 Å². The molecule has 2 aliphatic rings. The van der Waals surface area contributed by atoms with Gasteiger partial charge in [-0.25, -0.2) is 9.37 Å².